The third kappa shape index (κ3) is 3.67. The maximum atomic E-state index is 4.46. The van der Waals surface area contributed by atoms with Crippen LogP contribution in [-0.2, 0) is 19.6 Å². The Hall–Kier alpha value is -1.62. The molecule has 2 heterocycles. The van der Waals surface area contributed by atoms with Crippen LogP contribution in [0.15, 0.2) is 18.5 Å². The molecule has 5 nitrogen and oxygen atoms in total. The first-order valence-corrected chi connectivity index (χ1v) is 6.92. The highest BCUT2D eigenvalue weighted by Crippen LogP contribution is 2.02. The molecule has 0 radical (unpaired) electrons. The molecule has 2 aromatic rings. The third-order valence-electron chi connectivity index (χ3n) is 3.25. The summed E-state index contributed by atoms with van der Waals surface area (Å²) in [5.41, 5.74) is 2.33. The molecule has 1 N–H and O–H groups in total. The highest BCUT2D eigenvalue weighted by molar-refractivity contribution is 5.06. The molecule has 2 aromatic heterocycles. The lowest BCUT2D eigenvalue weighted by atomic mass is 10.4. The van der Waals surface area contributed by atoms with Crippen molar-refractivity contribution in [1.82, 2.24) is 24.6 Å². The van der Waals surface area contributed by atoms with E-state index >= 15 is 0 Å². The van der Waals surface area contributed by atoms with Crippen molar-refractivity contribution in [3.05, 3.63) is 35.7 Å². The van der Waals surface area contributed by atoms with Crippen molar-refractivity contribution >= 4 is 0 Å². The third-order valence-corrected chi connectivity index (χ3v) is 3.25. The van der Waals surface area contributed by atoms with Gasteiger partial charge in [0, 0.05) is 31.2 Å². The SMILES string of the molecule is CCn1ccnc1CNCCCn1nc(C)cc1C. The van der Waals surface area contributed by atoms with Gasteiger partial charge < -0.3 is 9.88 Å². The minimum Gasteiger partial charge on any atom is -0.334 e. The molecule has 0 unspecified atom stereocenters. The molecule has 5 heteroatoms. The standard InChI is InChI=1S/C14H23N5/c1-4-18-9-7-16-14(18)11-15-6-5-8-19-13(3)10-12(2)17-19/h7,9-10,15H,4-6,8,11H2,1-3H3. The van der Waals surface area contributed by atoms with Crippen LogP contribution in [0.25, 0.3) is 0 Å². The van der Waals surface area contributed by atoms with Crippen LogP contribution in [0.5, 0.6) is 0 Å². The van der Waals surface area contributed by atoms with Gasteiger partial charge in [-0.15, -0.1) is 0 Å². The Morgan fingerprint density at radius 1 is 1.32 bits per heavy atom. The number of aromatic nitrogens is 4. The summed E-state index contributed by atoms with van der Waals surface area (Å²) in [6, 6.07) is 2.12. The molecule has 0 fully saturated rings. The molecule has 0 amide bonds. The van der Waals surface area contributed by atoms with Gasteiger partial charge in [-0.3, -0.25) is 4.68 Å². The van der Waals surface area contributed by atoms with Crippen molar-refractivity contribution in [3.8, 4) is 0 Å². The summed E-state index contributed by atoms with van der Waals surface area (Å²) in [5, 5.41) is 7.89. The van der Waals surface area contributed by atoms with Crippen LogP contribution in [-0.4, -0.2) is 25.9 Å². The van der Waals surface area contributed by atoms with Crippen LogP contribution in [0.4, 0.5) is 0 Å². The zero-order chi connectivity index (χ0) is 13.7. The van der Waals surface area contributed by atoms with Gasteiger partial charge in [-0.1, -0.05) is 0 Å². The van der Waals surface area contributed by atoms with Gasteiger partial charge in [0.15, 0.2) is 0 Å². The van der Waals surface area contributed by atoms with Crippen LogP contribution in [0.3, 0.4) is 0 Å². The number of rotatable bonds is 7. The predicted octanol–water partition coefficient (Wildman–Crippen LogP) is 1.90. The first-order chi connectivity index (χ1) is 9.20. The Morgan fingerprint density at radius 2 is 2.16 bits per heavy atom. The minimum atomic E-state index is 0.831. The van der Waals surface area contributed by atoms with E-state index < -0.39 is 0 Å². The summed E-state index contributed by atoms with van der Waals surface area (Å²) in [6.07, 6.45) is 4.96. The summed E-state index contributed by atoms with van der Waals surface area (Å²) in [6.45, 7) is 10.0. The second-order valence-electron chi connectivity index (χ2n) is 4.81. The van der Waals surface area contributed by atoms with E-state index in [4.69, 9.17) is 0 Å². The van der Waals surface area contributed by atoms with Gasteiger partial charge in [0.05, 0.1) is 12.2 Å². The summed E-state index contributed by atoms with van der Waals surface area (Å²) < 4.78 is 4.23. The molecule has 19 heavy (non-hydrogen) atoms. The van der Waals surface area contributed by atoms with Gasteiger partial charge in [0.25, 0.3) is 0 Å². The number of aryl methyl sites for hydroxylation is 4. The van der Waals surface area contributed by atoms with Crippen molar-refractivity contribution in [3.63, 3.8) is 0 Å². The predicted molar refractivity (Wildman–Crippen MR) is 75.9 cm³/mol. The maximum Gasteiger partial charge on any atom is 0.122 e. The molecular weight excluding hydrogens is 238 g/mol. The summed E-state index contributed by atoms with van der Waals surface area (Å²) >= 11 is 0. The Kier molecular flexibility index (Phi) is 4.74. The van der Waals surface area contributed by atoms with Crippen LogP contribution < -0.4 is 5.32 Å². The van der Waals surface area contributed by atoms with Gasteiger partial charge >= 0.3 is 0 Å². The number of nitrogens with zero attached hydrogens (tertiary/aromatic N) is 4. The summed E-state index contributed by atoms with van der Waals surface area (Å²) in [4.78, 5) is 4.34. The van der Waals surface area contributed by atoms with E-state index in [1.165, 1.54) is 5.69 Å². The second-order valence-corrected chi connectivity index (χ2v) is 4.81. The zero-order valence-corrected chi connectivity index (χ0v) is 12.1. The molecule has 0 bridgehead atoms. The topological polar surface area (TPSA) is 47.7 Å². The van der Waals surface area contributed by atoms with Gasteiger partial charge in [0.1, 0.15) is 5.82 Å². The zero-order valence-electron chi connectivity index (χ0n) is 12.1. The Balaban J connectivity index is 1.69. The Labute approximate surface area is 114 Å². The Bertz CT molecular complexity index is 512. The molecule has 2 rings (SSSR count). The van der Waals surface area contributed by atoms with Crippen LogP contribution in [0, 0.1) is 13.8 Å². The molecule has 0 aliphatic heterocycles. The fourth-order valence-electron chi connectivity index (χ4n) is 2.25. The van der Waals surface area contributed by atoms with Crippen LogP contribution in [0.2, 0.25) is 0 Å². The molecule has 0 aromatic carbocycles. The number of hydrogen-bond acceptors (Lipinski definition) is 3. The lowest BCUT2D eigenvalue weighted by molar-refractivity contribution is 0.522. The van der Waals surface area contributed by atoms with E-state index in [-0.39, 0.29) is 0 Å². The fourth-order valence-corrected chi connectivity index (χ4v) is 2.25. The highest BCUT2D eigenvalue weighted by Gasteiger charge is 2.01. The highest BCUT2D eigenvalue weighted by atomic mass is 15.3. The van der Waals surface area contributed by atoms with E-state index in [1.54, 1.807) is 0 Å². The largest absolute Gasteiger partial charge is 0.334 e. The van der Waals surface area contributed by atoms with E-state index in [1.807, 2.05) is 19.3 Å². The molecule has 104 valence electrons. The van der Waals surface area contributed by atoms with Gasteiger partial charge in [-0.25, -0.2) is 4.98 Å². The van der Waals surface area contributed by atoms with Crippen molar-refractivity contribution in [2.75, 3.05) is 6.54 Å². The van der Waals surface area contributed by atoms with Crippen LogP contribution in [0.1, 0.15) is 30.6 Å². The quantitative estimate of drug-likeness (QED) is 0.774. The number of nitrogens with one attached hydrogen (secondary N) is 1. The van der Waals surface area contributed by atoms with E-state index in [0.717, 1.165) is 44.1 Å². The molecule has 0 aliphatic rings. The lowest BCUT2D eigenvalue weighted by Crippen LogP contribution is -2.19. The van der Waals surface area contributed by atoms with Crippen molar-refractivity contribution in [2.24, 2.45) is 0 Å². The molecule has 0 saturated heterocycles. The first kappa shape index (κ1) is 13.8. The van der Waals surface area contributed by atoms with Crippen molar-refractivity contribution < 1.29 is 0 Å². The molecule has 0 atom stereocenters. The Morgan fingerprint density at radius 3 is 2.84 bits per heavy atom. The van der Waals surface area contributed by atoms with Crippen LogP contribution >= 0.6 is 0 Å². The molecule has 0 aliphatic carbocycles. The average Bonchev–Trinajstić information content (AvgIpc) is 2.95. The maximum absolute atomic E-state index is 4.46. The van der Waals surface area contributed by atoms with E-state index in [0.29, 0.717) is 0 Å². The molecule has 0 saturated carbocycles. The van der Waals surface area contributed by atoms with Crippen molar-refractivity contribution in [2.45, 2.75) is 46.8 Å². The van der Waals surface area contributed by atoms with Gasteiger partial charge in [-0.05, 0) is 39.8 Å². The monoisotopic (exact) mass is 261 g/mol. The van der Waals surface area contributed by atoms with Crippen molar-refractivity contribution in [1.29, 1.82) is 0 Å². The second kappa shape index (κ2) is 6.52. The average molecular weight is 261 g/mol. The van der Waals surface area contributed by atoms with E-state index in [2.05, 4.69) is 44.6 Å². The minimum absolute atomic E-state index is 0.831. The fraction of sp³-hybridized carbons (Fsp3) is 0.571. The summed E-state index contributed by atoms with van der Waals surface area (Å²) in [5.74, 6) is 1.11. The molecular formula is C14H23N5. The smallest absolute Gasteiger partial charge is 0.122 e. The first-order valence-electron chi connectivity index (χ1n) is 6.92. The van der Waals surface area contributed by atoms with Gasteiger partial charge in [-0.2, -0.15) is 5.10 Å². The lowest BCUT2D eigenvalue weighted by Gasteiger charge is -2.07. The normalized spacial score (nSPS) is 11.1. The summed E-state index contributed by atoms with van der Waals surface area (Å²) in [7, 11) is 0. The molecule has 0 spiro atoms. The number of hydrogen-bond donors (Lipinski definition) is 1. The number of imidazole rings is 1. The van der Waals surface area contributed by atoms with E-state index in [9.17, 15) is 0 Å². The van der Waals surface area contributed by atoms with Gasteiger partial charge in [0.2, 0.25) is 0 Å².